The van der Waals surface area contributed by atoms with Crippen molar-refractivity contribution in [2.24, 2.45) is 10.4 Å². The number of rotatable bonds is 5. The second-order valence-corrected chi connectivity index (χ2v) is 6.94. The van der Waals surface area contributed by atoms with E-state index in [0.29, 0.717) is 17.7 Å². The fourth-order valence-electron chi connectivity index (χ4n) is 3.95. The molecule has 1 aliphatic carbocycles. The molecule has 25 heavy (non-hydrogen) atoms. The fraction of sp³-hybridized carbons (Fsp3) is 0.632. The number of methoxy groups -OCH3 is 3. The first kappa shape index (κ1) is 17.7. The number of nitrogens with one attached hydrogen (secondary N) is 1. The van der Waals surface area contributed by atoms with Gasteiger partial charge < -0.3 is 24.4 Å². The number of ether oxygens (including phenoxy) is 3. The molecule has 0 amide bonds. The predicted octanol–water partition coefficient (Wildman–Crippen LogP) is 2.66. The van der Waals surface area contributed by atoms with Crippen molar-refractivity contribution in [3.63, 3.8) is 0 Å². The Balaban J connectivity index is 1.71. The second kappa shape index (κ2) is 7.42. The lowest BCUT2D eigenvalue weighted by Crippen LogP contribution is -2.42. The molecule has 1 aromatic carbocycles. The summed E-state index contributed by atoms with van der Waals surface area (Å²) in [7, 11) is 6.80. The molecule has 2 aliphatic rings. The third-order valence-electron chi connectivity index (χ3n) is 5.60. The Labute approximate surface area is 150 Å². The molecule has 1 saturated carbocycles. The van der Waals surface area contributed by atoms with E-state index in [4.69, 9.17) is 14.2 Å². The SMILES string of the molecule is CN=C(NCc1c(OC)cc(OC)cc1OC)N1CCC2(CCC2)C1. The zero-order valence-corrected chi connectivity index (χ0v) is 15.7. The highest BCUT2D eigenvalue weighted by atomic mass is 16.5. The smallest absolute Gasteiger partial charge is 0.193 e. The largest absolute Gasteiger partial charge is 0.496 e. The van der Waals surface area contributed by atoms with Gasteiger partial charge in [0.25, 0.3) is 0 Å². The molecule has 1 aromatic rings. The summed E-state index contributed by atoms with van der Waals surface area (Å²) in [5, 5.41) is 3.48. The molecule has 1 aliphatic heterocycles. The summed E-state index contributed by atoms with van der Waals surface area (Å²) in [4.78, 5) is 6.86. The monoisotopic (exact) mass is 347 g/mol. The summed E-state index contributed by atoms with van der Waals surface area (Å²) in [6.07, 6.45) is 5.38. The number of aliphatic imine (C=N–C) groups is 1. The normalized spacial score (nSPS) is 18.9. The molecular weight excluding hydrogens is 318 g/mol. The van der Waals surface area contributed by atoms with Crippen LogP contribution in [0, 0.1) is 5.41 Å². The minimum absolute atomic E-state index is 0.549. The number of benzene rings is 1. The van der Waals surface area contributed by atoms with E-state index in [0.717, 1.165) is 36.1 Å². The summed E-state index contributed by atoms with van der Waals surface area (Å²) in [6, 6.07) is 3.75. The quantitative estimate of drug-likeness (QED) is 0.655. The molecule has 1 saturated heterocycles. The van der Waals surface area contributed by atoms with Gasteiger partial charge in [0.15, 0.2) is 5.96 Å². The first-order valence-corrected chi connectivity index (χ1v) is 8.89. The lowest BCUT2D eigenvalue weighted by atomic mass is 9.68. The average molecular weight is 347 g/mol. The fourth-order valence-corrected chi connectivity index (χ4v) is 3.95. The minimum Gasteiger partial charge on any atom is -0.496 e. The van der Waals surface area contributed by atoms with Gasteiger partial charge in [-0.25, -0.2) is 0 Å². The average Bonchev–Trinajstić information content (AvgIpc) is 3.07. The minimum atomic E-state index is 0.549. The third-order valence-corrected chi connectivity index (χ3v) is 5.60. The molecule has 1 spiro atoms. The van der Waals surface area contributed by atoms with Crippen LogP contribution in [0.15, 0.2) is 17.1 Å². The molecule has 0 bridgehead atoms. The van der Waals surface area contributed by atoms with Crippen LogP contribution in [0.2, 0.25) is 0 Å². The van der Waals surface area contributed by atoms with Gasteiger partial charge in [-0.2, -0.15) is 0 Å². The van der Waals surface area contributed by atoms with E-state index in [1.807, 2.05) is 19.2 Å². The molecule has 3 rings (SSSR count). The molecule has 1 N–H and O–H groups in total. The van der Waals surface area contributed by atoms with Gasteiger partial charge in [-0.1, -0.05) is 6.42 Å². The Bertz CT molecular complexity index is 616. The van der Waals surface area contributed by atoms with Gasteiger partial charge >= 0.3 is 0 Å². The van der Waals surface area contributed by atoms with Crippen LogP contribution in [-0.4, -0.2) is 52.3 Å². The number of guanidine groups is 1. The summed E-state index contributed by atoms with van der Waals surface area (Å²) >= 11 is 0. The predicted molar refractivity (Wildman–Crippen MR) is 98.8 cm³/mol. The Kier molecular flexibility index (Phi) is 5.25. The van der Waals surface area contributed by atoms with E-state index < -0.39 is 0 Å². The van der Waals surface area contributed by atoms with Crippen molar-refractivity contribution >= 4 is 5.96 Å². The molecule has 6 nitrogen and oxygen atoms in total. The van der Waals surface area contributed by atoms with Crippen molar-refractivity contribution in [3.8, 4) is 17.2 Å². The maximum atomic E-state index is 5.53. The Morgan fingerprint density at radius 1 is 1.12 bits per heavy atom. The molecule has 0 aromatic heterocycles. The zero-order valence-electron chi connectivity index (χ0n) is 15.7. The van der Waals surface area contributed by atoms with Gasteiger partial charge in [-0.3, -0.25) is 4.99 Å². The van der Waals surface area contributed by atoms with Crippen molar-refractivity contribution in [2.45, 2.75) is 32.2 Å². The summed E-state index contributed by atoms with van der Waals surface area (Å²) < 4.78 is 16.4. The first-order valence-electron chi connectivity index (χ1n) is 8.89. The van der Waals surface area contributed by atoms with Crippen molar-refractivity contribution in [1.29, 1.82) is 0 Å². The first-order chi connectivity index (χ1) is 12.1. The van der Waals surface area contributed by atoms with Crippen LogP contribution in [0.25, 0.3) is 0 Å². The summed E-state index contributed by atoms with van der Waals surface area (Å²) in [5.74, 6) is 3.16. The van der Waals surface area contributed by atoms with E-state index in [1.54, 1.807) is 21.3 Å². The zero-order chi connectivity index (χ0) is 17.9. The van der Waals surface area contributed by atoms with Gasteiger partial charge in [0, 0.05) is 32.3 Å². The van der Waals surface area contributed by atoms with Crippen molar-refractivity contribution < 1.29 is 14.2 Å². The molecule has 6 heteroatoms. The highest BCUT2D eigenvalue weighted by molar-refractivity contribution is 5.80. The van der Waals surface area contributed by atoms with Crippen LogP contribution in [0.3, 0.4) is 0 Å². The molecule has 138 valence electrons. The second-order valence-electron chi connectivity index (χ2n) is 6.94. The topological polar surface area (TPSA) is 55.3 Å². The van der Waals surface area contributed by atoms with Gasteiger partial charge in [0.05, 0.1) is 33.4 Å². The van der Waals surface area contributed by atoms with Crippen molar-refractivity contribution in [2.75, 3.05) is 41.5 Å². The van der Waals surface area contributed by atoms with Crippen LogP contribution in [-0.2, 0) is 6.54 Å². The lowest BCUT2D eigenvalue weighted by molar-refractivity contribution is 0.151. The van der Waals surface area contributed by atoms with Gasteiger partial charge in [-0.15, -0.1) is 0 Å². The maximum absolute atomic E-state index is 5.53. The van der Waals surface area contributed by atoms with E-state index in [1.165, 1.54) is 25.7 Å². The molecule has 0 radical (unpaired) electrons. The van der Waals surface area contributed by atoms with E-state index >= 15 is 0 Å². The number of hydrogen-bond acceptors (Lipinski definition) is 4. The van der Waals surface area contributed by atoms with Gasteiger partial charge in [-0.05, 0) is 24.7 Å². The number of nitrogens with zero attached hydrogens (tertiary/aromatic N) is 2. The van der Waals surface area contributed by atoms with Crippen LogP contribution >= 0.6 is 0 Å². The van der Waals surface area contributed by atoms with Crippen LogP contribution in [0.1, 0.15) is 31.2 Å². The maximum Gasteiger partial charge on any atom is 0.193 e. The standard InChI is InChI=1S/C19H29N3O3/c1-20-18(22-9-8-19(13-22)6-5-7-19)21-12-15-16(24-3)10-14(23-2)11-17(15)25-4/h10-11H,5-9,12-13H2,1-4H3,(H,20,21). The van der Waals surface area contributed by atoms with Crippen molar-refractivity contribution in [3.05, 3.63) is 17.7 Å². The Morgan fingerprint density at radius 3 is 2.24 bits per heavy atom. The molecule has 2 fully saturated rings. The Morgan fingerprint density at radius 2 is 1.80 bits per heavy atom. The van der Waals surface area contributed by atoms with E-state index in [2.05, 4.69) is 15.2 Å². The number of likely N-dealkylation sites (tertiary alicyclic amines) is 1. The highest BCUT2D eigenvalue weighted by Gasteiger charge is 2.43. The number of hydrogen-bond donors (Lipinski definition) is 1. The molecule has 0 atom stereocenters. The summed E-state index contributed by atoms with van der Waals surface area (Å²) in [6.45, 7) is 2.78. The molecule has 0 unspecified atom stereocenters. The molecular formula is C19H29N3O3. The van der Waals surface area contributed by atoms with Crippen molar-refractivity contribution in [1.82, 2.24) is 10.2 Å². The van der Waals surface area contributed by atoms with Crippen LogP contribution in [0.5, 0.6) is 17.2 Å². The highest BCUT2D eigenvalue weighted by Crippen LogP contribution is 2.47. The third kappa shape index (κ3) is 3.48. The van der Waals surface area contributed by atoms with Gasteiger partial charge in [0.2, 0.25) is 0 Å². The Hall–Kier alpha value is -2.11. The summed E-state index contributed by atoms with van der Waals surface area (Å²) in [5.41, 5.74) is 1.51. The van der Waals surface area contributed by atoms with E-state index in [9.17, 15) is 0 Å². The van der Waals surface area contributed by atoms with Crippen LogP contribution in [0.4, 0.5) is 0 Å². The van der Waals surface area contributed by atoms with Gasteiger partial charge in [0.1, 0.15) is 17.2 Å². The van der Waals surface area contributed by atoms with E-state index in [-0.39, 0.29) is 0 Å². The lowest BCUT2D eigenvalue weighted by Gasteiger charge is -2.38. The van der Waals surface area contributed by atoms with Crippen LogP contribution < -0.4 is 19.5 Å². The molecule has 1 heterocycles.